The summed E-state index contributed by atoms with van der Waals surface area (Å²) < 4.78 is 0. The Bertz CT molecular complexity index is 91.9. The van der Waals surface area contributed by atoms with E-state index < -0.39 is 0 Å². The van der Waals surface area contributed by atoms with Crippen LogP contribution < -0.4 is 0 Å². The van der Waals surface area contributed by atoms with E-state index >= 15 is 0 Å². The van der Waals surface area contributed by atoms with Crippen LogP contribution in [0.3, 0.4) is 0 Å². The van der Waals surface area contributed by atoms with Gasteiger partial charge in [0.1, 0.15) is 0 Å². The van der Waals surface area contributed by atoms with Gasteiger partial charge in [0.15, 0.2) is 0 Å². The molecule has 0 aliphatic heterocycles. The van der Waals surface area contributed by atoms with Gasteiger partial charge < -0.3 is 0 Å². The van der Waals surface area contributed by atoms with E-state index in [-0.39, 0.29) is 10.3 Å². The lowest BCUT2D eigenvalue weighted by Crippen LogP contribution is -2.26. The Morgan fingerprint density at radius 1 is 1.30 bits per heavy atom. The highest BCUT2D eigenvalue weighted by atomic mass is 35.5. The molecule has 0 aromatic rings. The maximum Gasteiger partial charge on any atom is 0.0553 e. The summed E-state index contributed by atoms with van der Waals surface area (Å²) in [5, 5.41) is 0.0779. The molecular formula is C8H16Cl2. The van der Waals surface area contributed by atoms with Gasteiger partial charge in [0.25, 0.3) is 0 Å². The molecule has 0 saturated heterocycles. The van der Waals surface area contributed by atoms with E-state index in [9.17, 15) is 0 Å². The Labute approximate surface area is 73.9 Å². The molecule has 0 radical (unpaired) electrons. The fourth-order valence-electron chi connectivity index (χ4n) is 0.694. The number of halogens is 2. The second kappa shape index (κ2) is 3.82. The van der Waals surface area contributed by atoms with Gasteiger partial charge in [-0.25, -0.2) is 0 Å². The zero-order valence-corrected chi connectivity index (χ0v) is 8.63. The van der Waals surface area contributed by atoms with Crippen LogP contribution in [0.5, 0.6) is 0 Å². The molecule has 0 spiro atoms. The Hall–Kier alpha value is 0.580. The monoisotopic (exact) mass is 182 g/mol. The molecule has 62 valence electrons. The molecule has 0 bridgehead atoms. The lowest BCUT2D eigenvalue weighted by Gasteiger charge is -2.23. The Kier molecular flexibility index (Phi) is 4.05. The quantitative estimate of drug-likeness (QED) is 0.585. The smallest absolute Gasteiger partial charge is 0.0553 e. The number of alkyl halides is 2. The van der Waals surface area contributed by atoms with E-state index in [0.29, 0.717) is 5.92 Å². The molecule has 0 saturated carbocycles. The van der Waals surface area contributed by atoms with Crippen molar-refractivity contribution >= 4 is 23.2 Å². The normalized spacial score (nSPS) is 15.9. The van der Waals surface area contributed by atoms with Crippen LogP contribution >= 0.6 is 23.2 Å². The van der Waals surface area contributed by atoms with Crippen molar-refractivity contribution in [2.45, 2.75) is 44.4 Å². The molecular weight excluding hydrogens is 167 g/mol. The van der Waals surface area contributed by atoms with Crippen LogP contribution in [0.1, 0.15) is 34.1 Å². The first kappa shape index (κ1) is 10.6. The number of rotatable bonds is 3. The van der Waals surface area contributed by atoms with E-state index in [4.69, 9.17) is 23.2 Å². The van der Waals surface area contributed by atoms with Crippen LogP contribution in [0.2, 0.25) is 0 Å². The third-order valence-electron chi connectivity index (χ3n) is 1.42. The fraction of sp³-hybridized carbons (Fsp3) is 1.00. The minimum Gasteiger partial charge on any atom is -0.121 e. The second-order valence-electron chi connectivity index (χ2n) is 3.66. The molecule has 0 aliphatic rings. The lowest BCUT2D eigenvalue weighted by molar-refractivity contribution is 0.504. The molecule has 1 unspecified atom stereocenters. The molecule has 0 N–H and O–H groups in total. The molecule has 0 fully saturated rings. The number of hydrogen-bond acceptors (Lipinski definition) is 0. The highest BCUT2D eigenvalue weighted by molar-refractivity contribution is 6.32. The van der Waals surface area contributed by atoms with Gasteiger partial charge in [0, 0.05) is 0 Å². The largest absolute Gasteiger partial charge is 0.121 e. The summed E-state index contributed by atoms with van der Waals surface area (Å²) in [5.41, 5.74) is 0. The van der Waals surface area contributed by atoms with E-state index in [1.54, 1.807) is 0 Å². The van der Waals surface area contributed by atoms with Gasteiger partial charge in [-0.3, -0.25) is 0 Å². The molecule has 1 atom stereocenters. The summed E-state index contributed by atoms with van der Waals surface area (Å²) in [7, 11) is 0. The van der Waals surface area contributed by atoms with Crippen molar-refractivity contribution in [2.24, 2.45) is 5.92 Å². The van der Waals surface area contributed by atoms with Crippen LogP contribution in [-0.2, 0) is 0 Å². The number of hydrogen-bond donors (Lipinski definition) is 0. The summed E-state index contributed by atoms with van der Waals surface area (Å²) in [5.74, 6) is 0.625. The van der Waals surface area contributed by atoms with Crippen LogP contribution in [0.4, 0.5) is 0 Å². The predicted molar refractivity (Wildman–Crippen MR) is 49.0 cm³/mol. The van der Waals surface area contributed by atoms with Crippen LogP contribution in [0, 0.1) is 5.92 Å². The molecule has 2 heteroatoms. The molecule has 0 aromatic carbocycles. The fourth-order valence-corrected chi connectivity index (χ4v) is 1.14. The van der Waals surface area contributed by atoms with E-state index in [2.05, 4.69) is 13.8 Å². The minimum absolute atomic E-state index is 0.0779. The summed E-state index contributed by atoms with van der Waals surface area (Å²) in [4.78, 5) is -0.272. The topological polar surface area (TPSA) is 0 Å². The summed E-state index contributed by atoms with van der Waals surface area (Å²) in [6.07, 6.45) is 0.984. The van der Waals surface area contributed by atoms with Gasteiger partial charge in [-0.15, -0.1) is 23.2 Å². The average Bonchev–Trinajstić information content (AvgIpc) is 1.60. The summed E-state index contributed by atoms with van der Waals surface area (Å²) in [6.45, 7) is 8.21. The van der Waals surface area contributed by atoms with Gasteiger partial charge in [-0.1, -0.05) is 13.8 Å². The highest BCUT2D eigenvalue weighted by Gasteiger charge is 2.25. The average molecular weight is 183 g/mol. The zero-order valence-electron chi connectivity index (χ0n) is 7.12. The first-order valence-electron chi connectivity index (χ1n) is 3.67. The van der Waals surface area contributed by atoms with Crippen LogP contribution in [0.25, 0.3) is 0 Å². The first-order valence-corrected chi connectivity index (χ1v) is 4.48. The van der Waals surface area contributed by atoms with E-state index in [0.717, 1.165) is 6.42 Å². The third-order valence-corrected chi connectivity index (χ3v) is 2.52. The molecule has 10 heavy (non-hydrogen) atoms. The SMILES string of the molecule is CC(C)CC(Cl)C(C)(C)Cl. The molecule has 0 amide bonds. The van der Waals surface area contributed by atoms with Gasteiger partial charge in [0.05, 0.1) is 10.3 Å². The van der Waals surface area contributed by atoms with Crippen molar-refractivity contribution in [1.29, 1.82) is 0 Å². The zero-order chi connectivity index (χ0) is 8.36. The first-order chi connectivity index (χ1) is 4.34. The van der Waals surface area contributed by atoms with Crippen molar-refractivity contribution in [3.63, 3.8) is 0 Å². The van der Waals surface area contributed by atoms with E-state index in [1.807, 2.05) is 13.8 Å². The molecule has 0 heterocycles. The minimum atomic E-state index is -0.272. The van der Waals surface area contributed by atoms with Crippen molar-refractivity contribution in [3.8, 4) is 0 Å². The standard InChI is InChI=1S/C8H16Cl2/c1-6(2)5-7(9)8(3,4)10/h6-7H,5H2,1-4H3. The Morgan fingerprint density at radius 2 is 1.70 bits per heavy atom. The maximum absolute atomic E-state index is 6.02. The molecule has 0 nitrogen and oxygen atoms in total. The van der Waals surface area contributed by atoms with Crippen LogP contribution in [0.15, 0.2) is 0 Å². The lowest BCUT2D eigenvalue weighted by atomic mass is 10.00. The highest BCUT2D eigenvalue weighted by Crippen LogP contribution is 2.27. The summed E-state index contributed by atoms with van der Waals surface area (Å²) in [6, 6.07) is 0. The van der Waals surface area contributed by atoms with Crippen molar-refractivity contribution in [2.75, 3.05) is 0 Å². The molecule has 0 aromatic heterocycles. The second-order valence-corrected chi connectivity index (χ2v) is 5.16. The van der Waals surface area contributed by atoms with Crippen molar-refractivity contribution in [3.05, 3.63) is 0 Å². The van der Waals surface area contributed by atoms with Crippen LogP contribution in [-0.4, -0.2) is 10.3 Å². The third kappa shape index (κ3) is 4.40. The van der Waals surface area contributed by atoms with Gasteiger partial charge in [-0.2, -0.15) is 0 Å². The van der Waals surface area contributed by atoms with Crippen molar-refractivity contribution < 1.29 is 0 Å². The Balaban J connectivity index is 3.73. The van der Waals surface area contributed by atoms with Gasteiger partial charge in [-0.05, 0) is 26.2 Å². The maximum atomic E-state index is 6.02. The van der Waals surface area contributed by atoms with Gasteiger partial charge >= 0.3 is 0 Å². The summed E-state index contributed by atoms with van der Waals surface area (Å²) >= 11 is 12.0. The molecule has 0 aliphatic carbocycles. The molecule has 0 rings (SSSR count). The van der Waals surface area contributed by atoms with Crippen molar-refractivity contribution in [1.82, 2.24) is 0 Å². The predicted octanol–water partition coefficient (Wildman–Crippen LogP) is 3.66. The Morgan fingerprint density at radius 3 is 1.80 bits per heavy atom. The van der Waals surface area contributed by atoms with Gasteiger partial charge in [0.2, 0.25) is 0 Å². The van der Waals surface area contributed by atoms with E-state index in [1.165, 1.54) is 0 Å².